The lowest BCUT2D eigenvalue weighted by atomic mass is 9.95. The topological polar surface area (TPSA) is 29.5 Å². The maximum Gasteiger partial charge on any atom is 0.159 e. The molecule has 0 atom stereocenters. The Labute approximate surface area is 282 Å². The van der Waals surface area contributed by atoms with E-state index in [4.69, 9.17) is 8.83 Å². The maximum absolute atomic E-state index is 6.59. The van der Waals surface area contributed by atoms with Gasteiger partial charge in [-0.05, 0) is 81.6 Å². The van der Waals surface area contributed by atoms with Crippen LogP contribution in [0.25, 0.3) is 76.9 Å². The summed E-state index contributed by atoms with van der Waals surface area (Å²) in [5, 5.41) is 6.89. The van der Waals surface area contributed by atoms with Crippen molar-refractivity contribution < 1.29 is 8.83 Å². The Balaban J connectivity index is 1.16. The molecule has 2 heterocycles. The van der Waals surface area contributed by atoms with Crippen LogP contribution < -0.4 is 4.90 Å². The SMILES string of the molecule is c1cc(-c2cccc(N(c3ccc4c(c3)oc3ccccc34)c3cccc4c3oc3ccccc34)c2)cc(-c2cccc3ccccc23)c1. The second kappa shape index (κ2) is 11.0. The van der Waals surface area contributed by atoms with Crippen molar-refractivity contribution in [2.24, 2.45) is 0 Å². The molecule has 2 aromatic heterocycles. The number of nitrogens with zero attached hydrogens (tertiary/aromatic N) is 1. The first-order chi connectivity index (χ1) is 24.3. The molecule has 0 saturated carbocycles. The Hall–Kier alpha value is -6.58. The van der Waals surface area contributed by atoms with Gasteiger partial charge < -0.3 is 13.7 Å². The highest BCUT2D eigenvalue weighted by atomic mass is 16.3. The molecular weight excluding hydrogens is 599 g/mol. The first-order valence-corrected chi connectivity index (χ1v) is 16.6. The molecule has 0 bridgehead atoms. The largest absolute Gasteiger partial charge is 0.456 e. The molecule has 0 fully saturated rings. The Morgan fingerprint density at radius 1 is 0.347 bits per heavy atom. The first kappa shape index (κ1) is 27.5. The summed E-state index contributed by atoms with van der Waals surface area (Å²) in [6.07, 6.45) is 0. The van der Waals surface area contributed by atoms with Gasteiger partial charge in [0, 0.05) is 33.3 Å². The zero-order chi connectivity index (χ0) is 32.3. The number of fused-ring (bicyclic) bond motifs is 7. The summed E-state index contributed by atoms with van der Waals surface area (Å²) in [4.78, 5) is 2.29. The van der Waals surface area contributed by atoms with Crippen molar-refractivity contribution in [2.45, 2.75) is 0 Å². The zero-order valence-corrected chi connectivity index (χ0v) is 26.5. The molecule has 0 radical (unpaired) electrons. The van der Waals surface area contributed by atoms with E-state index in [2.05, 4.69) is 157 Å². The molecule has 0 aliphatic rings. The molecule has 0 aliphatic heterocycles. The van der Waals surface area contributed by atoms with E-state index < -0.39 is 0 Å². The summed E-state index contributed by atoms with van der Waals surface area (Å²) in [6.45, 7) is 0. The standard InChI is InChI=1S/C46H29NO2/c1-2-17-36-30(11-1)12-9-20-37(36)33-15-7-13-31(27-33)32-14-8-16-34(28-32)47(35-25-26-40-38-18-3-5-23-43(38)48-45(40)29-35)42-22-10-21-41-39-19-4-6-24-44(39)49-46(41)42/h1-29H. The number of hydrogen-bond acceptors (Lipinski definition) is 3. The van der Waals surface area contributed by atoms with E-state index >= 15 is 0 Å². The molecule has 0 saturated heterocycles. The van der Waals surface area contributed by atoms with Gasteiger partial charge in [-0.3, -0.25) is 0 Å². The number of rotatable bonds is 5. The molecule has 8 aromatic carbocycles. The Kier molecular flexibility index (Phi) is 6.18. The molecule has 10 aromatic rings. The van der Waals surface area contributed by atoms with E-state index in [0.29, 0.717) is 0 Å². The van der Waals surface area contributed by atoms with Gasteiger partial charge in [0.2, 0.25) is 0 Å². The van der Waals surface area contributed by atoms with E-state index in [-0.39, 0.29) is 0 Å². The molecule has 49 heavy (non-hydrogen) atoms. The van der Waals surface area contributed by atoms with Gasteiger partial charge in [-0.15, -0.1) is 0 Å². The predicted molar refractivity (Wildman–Crippen MR) is 204 cm³/mol. The summed E-state index contributed by atoms with van der Waals surface area (Å²) in [6, 6.07) is 62.1. The van der Waals surface area contributed by atoms with Gasteiger partial charge in [-0.25, -0.2) is 0 Å². The molecular formula is C46H29NO2. The molecule has 0 N–H and O–H groups in total. The van der Waals surface area contributed by atoms with E-state index in [1.807, 2.05) is 24.3 Å². The van der Waals surface area contributed by atoms with Crippen LogP contribution in [0.1, 0.15) is 0 Å². The molecule has 0 spiro atoms. The van der Waals surface area contributed by atoms with Gasteiger partial charge >= 0.3 is 0 Å². The van der Waals surface area contributed by atoms with Crippen molar-refractivity contribution in [1.82, 2.24) is 0 Å². The number of benzene rings is 8. The smallest absolute Gasteiger partial charge is 0.159 e. The van der Waals surface area contributed by atoms with Gasteiger partial charge in [0.1, 0.15) is 16.7 Å². The second-order valence-electron chi connectivity index (χ2n) is 12.5. The summed E-state index contributed by atoms with van der Waals surface area (Å²) < 4.78 is 13.0. The van der Waals surface area contributed by atoms with Crippen molar-refractivity contribution in [3.8, 4) is 22.3 Å². The van der Waals surface area contributed by atoms with Crippen LogP contribution in [0, 0.1) is 0 Å². The van der Waals surface area contributed by atoms with Crippen molar-refractivity contribution in [2.75, 3.05) is 4.90 Å². The van der Waals surface area contributed by atoms with Gasteiger partial charge in [0.25, 0.3) is 0 Å². The fourth-order valence-corrected chi connectivity index (χ4v) is 7.36. The first-order valence-electron chi connectivity index (χ1n) is 16.6. The van der Waals surface area contributed by atoms with E-state index in [1.54, 1.807) is 0 Å². The highest BCUT2D eigenvalue weighted by Gasteiger charge is 2.21. The van der Waals surface area contributed by atoms with Gasteiger partial charge in [0.15, 0.2) is 5.58 Å². The number of anilines is 3. The third-order valence-electron chi connectivity index (χ3n) is 9.65. The summed E-state index contributed by atoms with van der Waals surface area (Å²) in [7, 11) is 0. The van der Waals surface area contributed by atoms with Crippen LogP contribution in [0.5, 0.6) is 0 Å². The minimum absolute atomic E-state index is 0.844. The number of hydrogen-bond donors (Lipinski definition) is 0. The lowest BCUT2D eigenvalue weighted by Crippen LogP contribution is -2.10. The van der Waals surface area contributed by atoms with Crippen molar-refractivity contribution >= 4 is 71.7 Å². The van der Waals surface area contributed by atoms with Crippen LogP contribution in [0.15, 0.2) is 185 Å². The van der Waals surface area contributed by atoms with Crippen LogP contribution >= 0.6 is 0 Å². The highest BCUT2D eigenvalue weighted by Crippen LogP contribution is 2.44. The normalized spacial score (nSPS) is 11.7. The van der Waals surface area contributed by atoms with Crippen molar-refractivity contribution in [3.63, 3.8) is 0 Å². The van der Waals surface area contributed by atoms with Crippen LogP contribution in [-0.4, -0.2) is 0 Å². The quantitative estimate of drug-likeness (QED) is 0.190. The third-order valence-corrected chi connectivity index (χ3v) is 9.65. The van der Waals surface area contributed by atoms with Crippen LogP contribution in [0.3, 0.4) is 0 Å². The van der Waals surface area contributed by atoms with Crippen LogP contribution in [-0.2, 0) is 0 Å². The van der Waals surface area contributed by atoms with Gasteiger partial charge in [0.05, 0.1) is 11.4 Å². The fraction of sp³-hybridized carbons (Fsp3) is 0. The van der Waals surface area contributed by atoms with Crippen LogP contribution in [0.2, 0.25) is 0 Å². The fourth-order valence-electron chi connectivity index (χ4n) is 7.36. The highest BCUT2D eigenvalue weighted by molar-refractivity contribution is 6.11. The lowest BCUT2D eigenvalue weighted by molar-refractivity contribution is 0.667. The number of furan rings is 2. The molecule has 230 valence electrons. The zero-order valence-electron chi connectivity index (χ0n) is 26.5. The number of para-hydroxylation sites is 3. The van der Waals surface area contributed by atoms with E-state index in [0.717, 1.165) is 72.1 Å². The lowest BCUT2D eigenvalue weighted by Gasteiger charge is -2.26. The van der Waals surface area contributed by atoms with Crippen molar-refractivity contribution in [3.05, 3.63) is 176 Å². The Morgan fingerprint density at radius 2 is 0.939 bits per heavy atom. The Morgan fingerprint density at radius 3 is 1.82 bits per heavy atom. The molecule has 0 aliphatic carbocycles. The van der Waals surface area contributed by atoms with Crippen molar-refractivity contribution in [1.29, 1.82) is 0 Å². The average Bonchev–Trinajstić information content (AvgIpc) is 3.74. The molecule has 10 rings (SSSR count). The van der Waals surface area contributed by atoms with Crippen LogP contribution in [0.4, 0.5) is 17.1 Å². The Bertz CT molecular complexity index is 2850. The molecule has 3 heteroatoms. The van der Waals surface area contributed by atoms with E-state index in [1.165, 1.54) is 21.9 Å². The molecule has 0 unspecified atom stereocenters. The third kappa shape index (κ3) is 4.51. The monoisotopic (exact) mass is 627 g/mol. The summed E-state index contributed by atoms with van der Waals surface area (Å²) in [5.41, 5.74) is 11.1. The van der Waals surface area contributed by atoms with Gasteiger partial charge in [-0.2, -0.15) is 0 Å². The average molecular weight is 628 g/mol. The summed E-state index contributed by atoms with van der Waals surface area (Å²) in [5.74, 6) is 0. The van der Waals surface area contributed by atoms with Gasteiger partial charge in [-0.1, -0.05) is 121 Å². The molecule has 3 nitrogen and oxygen atoms in total. The minimum atomic E-state index is 0.844. The molecule has 0 amide bonds. The second-order valence-corrected chi connectivity index (χ2v) is 12.5. The minimum Gasteiger partial charge on any atom is -0.456 e. The predicted octanol–water partition coefficient (Wildman–Crippen LogP) is 13.4. The maximum atomic E-state index is 6.59. The van der Waals surface area contributed by atoms with E-state index in [9.17, 15) is 0 Å². The summed E-state index contributed by atoms with van der Waals surface area (Å²) >= 11 is 0.